The smallest absolute Gasteiger partial charge is 0.407 e. The number of fused-ring (bicyclic) bond motifs is 4. The fraction of sp³-hybridized carbons (Fsp3) is 0.422. The van der Waals surface area contributed by atoms with Gasteiger partial charge in [-0.3, -0.25) is 14.4 Å². The number of alkyl carbamates (subject to hydrolysis) is 1. The molecule has 16 heteroatoms. The standard InChI is InChI=1S/C45H54N8O7Si/c1-24(2)38(49-37(55)21-54)44(57)53-23-61(6,7)22-34(53)42-47-31-15-13-28-17-26(12-14-30(28)40(31)50-42)27-10-11-29-19-36(60-35(29)18-27)32-20-46-41(48-32)33-9-8-16-52(33)43(56)39(25(3)4)51-45(58)59-5/h10-15,17-20,24-25,33-34,38-39,54H,8-9,16,21-23H2,1-7H3,(H,46,48)(H,47,50)(H,49,55)(H,51,58)/t33?,34-,38?,39?/m0/s1. The minimum atomic E-state index is -1.81. The Morgan fingerprint density at radius 3 is 2.33 bits per heavy atom. The Morgan fingerprint density at radius 1 is 0.885 bits per heavy atom. The van der Waals surface area contributed by atoms with Gasteiger partial charge in [0.2, 0.25) is 17.7 Å². The van der Waals surface area contributed by atoms with Crippen LogP contribution in [0.4, 0.5) is 4.79 Å². The second-order valence-corrected chi connectivity index (χ2v) is 23.0. The van der Waals surface area contributed by atoms with E-state index in [9.17, 15) is 24.3 Å². The maximum atomic E-state index is 14.0. The molecular formula is C45H54N8O7Si. The normalized spacial score (nSPS) is 18.7. The molecule has 8 rings (SSSR count). The van der Waals surface area contributed by atoms with Gasteiger partial charge in [0.05, 0.1) is 44.5 Å². The second-order valence-electron chi connectivity index (χ2n) is 17.9. The number of benzene rings is 3. The highest BCUT2D eigenvalue weighted by atomic mass is 28.3. The number of aliphatic hydroxyl groups excluding tert-OH is 1. The van der Waals surface area contributed by atoms with E-state index in [1.165, 1.54) is 7.11 Å². The molecule has 5 N–H and O–H groups in total. The average Bonchev–Trinajstić information content (AvgIpc) is 4.09. The van der Waals surface area contributed by atoms with Crippen LogP contribution < -0.4 is 10.6 Å². The maximum absolute atomic E-state index is 14.0. The first-order valence-electron chi connectivity index (χ1n) is 21.0. The summed E-state index contributed by atoms with van der Waals surface area (Å²) in [7, 11) is -0.521. The van der Waals surface area contributed by atoms with Gasteiger partial charge in [-0.15, -0.1) is 0 Å². The number of amides is 4. The first-order chi connectivity index (χ1) is 29.1. The van der Waals surface area contributed by atoms with Crippen molar-refractivity contribution in [2.24, 2.45) is 11.8 Å². The molecule has 2 aliphatic heterocycles. The van der Waals surface area contributed by atoms with Crippen molar-refractivity contribution in [3.05, 3.63) is 72.4 Å². The van der Waals surface area contributed by atoms with Crippen LogP contribution in [0.15, 0.2) is 65.2 Å². The number of rotatable bonds is 11. The van der Waals surface area contributed by atoms with Crippen molar-refractivity contribution in [2.75, 3.05) is 26.4 Å². The van der Waals surface area contributed by atoms with Crippen molar-refractivity contribution in [1.29, 1.82) is 0 Å². The maximum Gasteiger partial charge on any atom is 0.407 e. The Labute approximate surface area is 354 Å². The third-order valence-corrected chi connectivity index (χ3v) is 14.8. The first kappa shape index (κ1) is 41.7. The van der Waals surface area contributed by atoms with Gasteiger partial charge in [-0.1, -0.05) is 71.1 Å². The highest BCUT2D eigenvalue weighted by Gasteiger charge is 2.46. The minimum Gasteiger partial charge on any atom is -0.454 e. The van der Waals surface area contributed by atoms with Crippen LogP contribution in [0.2, 0.25) is 19.1 Å². The van der Waals surface area contributed by atoms with E-state index < -0.39 is 38.8 Å². The van der Waals surface area contributed by atoms with Crippen LogP contribution in [-0.4, -0.2) is 105 Å². The number of nitrogens with one attached hydrogen (secondary N) is 4. The number of aliphatic hydroxyl groups is 1. The predicted octanol–water partition coefficient (Wildman–Crippen LogP) is 6.83. The Hall–Kier alpha value is -6.00. The number of hydrogen-bond acceptors (Lipinski definition) is 9. The lowest BCUT2D eigenvalue weighted by atomic mass is 10.00. The van der Waals surface area contributed by atoms with Gasteiger partial charge in [0, 0.05) is 23.5 Å². The molecule has 320 valence electrons. The minimum absolute atomic E-state index is 0.126. The molecule has 2 saturated heterocycles. The van der Waals surface area contributed by atoms with Crippen molar-refractivity contribution < 1.29 is 33.4 Å². The zero-order chi connectivity index (χ0) is 43.3. The molecule has 3 aromatic carbocycles. The molecule has 0 spiro atoms. The summed E-state index contributed by atoms with van der Waals surface area (Å²) in [5, 5.41) is 17.8. The molecule has 61 heavy (non-hydrogen) atoms. The van der Waals surface area contributed by atoms with Crippen molar-refractivity contribution in [3.63, 3.8) is 0 Å². The largest absolute Gasteiger partial charge is 0.454 e. The third-order valence-electron chi connectivity index (χ3n) is 12.2. The van der Waals surface area contributed by atoms with Crippen LogP contribution in [0.3, 0.4) is 0 Å². The van der Waals surface area contributed by atoms with Crippen molar-refractivity contribution >= 4 is 64.7 Å². The number of ether oxygens (including phenoxy) is 1. The van der Waals surface area contributed by atoms with E-state index in [0.717, 1.165) is 68.6 Å². The van der Waals surface area contributed by atoms with E-state index in [4.69, 9.17) is 14.1 Å². The van der Waals surface area contributed by atoms with Crippen LogP contribution in [0.5, 0.6) is 0 Å². The lowest BCUT2D eigenvalue weighted by molar-refractivity contribution is -0.139. The summed E-state index contributed by atoms with van der Waals surface area (Å²) in [6.45, 7) is 12.0. The highest BCUT2D eigenvalue weighted by molar-refractivity contribution is 6.78. The van der Waals surface area contributed by atoms with E-state index >= 15 is 0 Å². The molecule has 2 fully saturated rings. The molecule has 0 saturated carbocycles. The van der Waals surface area contributed by atoms with E-state index in [2.05, 4.69) is 69.0 Å². The Morgan fingerprint density at radius 2 is 1.59 bits per heavy atom. The molecule has 0 bridgehead atoms. The monoisotopic (exact) mass is 846 g/mol. The highest BCUT2D eigenvalue weighted by Crippen LogP contribution is 2.40. The van der Waals surface area contributed by atoms with Crippen LogP contribution in [-0.2, 0) is 19.1 Å². The Balaban J connectivity index is 1.03. The van der Waals surface area contributed by atoms with Gasteiger partial charge in [0.15, 0.2) is 5.76 Å². The van der Waals surface area contributed by atoms with Gasteiger partial charge in [-0.25, -0.2) is 14.8 Å². The van der Waals surface area contributed by atoms with Crippen LogP contribution in [0.25, 0.3) is 55.4 Å². The number of likely N-dealkylation sites (tertiary alicyclic amines) is 1. The number of H-pyrrole nitrogens is 2. The summed E-state index contributed by atoms with van der Waals surface area (Å²) in [5.41, 5.74) is 5.16. The summed E-state index contributed by atoms with van der Waals surface area (Å²) in [5.74, 6) is 0.875. The summed E-state index contributed by atoms with van der Waals surface area (Å²) < 4.78 is 11.2. The second kappa shape index (κ2) is 16.5. The number of carbonyl (C=O) groups is 4. The molecule has 3 aromatic heterocycles. The number of furan rings is 1. The summed E-state index contributed by atoms with van der Waals surface area (Å²) in [4.78, 5) is 72.1. The zero-order valence-electron chi connectivity index (χ0n) is 35.7. The van der Waals surface area contributed by atoms with Crippen LogP contribution in [0, 0.1) is 11.8 Å². The van der Waals surface area contributed by atoms with Gasteiger partial charge in [-0.05, 0) is 71.5 Å². The summed E-state index contributed by atoms with van der Waals surface area (Å²) in [6, 6.07) is 17.4. The predicted molar refractivity (Wildman–Crippen MR) is 235 cm³/mol. The molecule has 3 unspecified atom stereocenters. The number of methoxy groups -OCH3 is 1. The number of aromatic amines is 2. The molecule has 2 aliphatic rings. The lowest BCUT2D eigenvalue weighted by Crippen LogP contribution is -2.52. The topological polar surface area (TPSA) is 199 Å². The molecule has 6 aromatic rings. The average molecular weight is 847 g/mol. The zero-order valence-corrected chi connectivity index (χ0v) is 36.7. The SMILES string of the molecule is COC(=O)NC(C(=O)N1CCCC1c1ncc(-c2cc3ccc(-c4ccc5c(ccc6nc([C@@H]7C[Si](C)(C)CN7C(=O)C(NC(=O)CO)C(C)C)[nH]c65)c4)cc3o2)[nH]1)C(C)C. The summed E-state index contributed by atoms with van der Waals surface area (Å²) >= 11 is 0. The first-order valence-corrected chi connectivity index (χ1v) is 24.4. The van der Waals surface area contributed by atoms with Crippen LogP contribution in [0.1, 0.15) is 64.3 Å². The lowest BCUT2D eigenvalue weighted by Gasteiger charge is -2.30. The number of nitrogens with zero attached hydrogens (tertiary/aromatic N) is 4. The molecule has 5 heterocycles. The fourth-order valence-electron chi connectivity index (χ4n) is 8.99. The molecular weight excluding hydrogens is 793 g/mol. The number of hydrogen-bond donors (Lipinski definition) is 5. The van der Waals surface area contributed by atoms with Gasteiger partial charge in [0.25, 0.3) is 0 Å². The molecule has 0 radical (unpaired) electrons. The van der Waals surface area contributed by atoms with E-state index in [1.54, 1.807) is 11.1 Å². The fourth-order valence-corrected chi connectivity index (χ4v) is 11.9. The quantitative estimate of drug-likeness (QED) is 0.0868. The van der Waals surface area contributed by atoms with Gasteiger partial charge >= 0.3 is 6.09 Å². The molecule has 0 aliphatic carbocycles. The van der Waals surface area contributed by atoms with Gasteiger partial charge in [0.1, 0.15) is 41.6 Å². The van der Waals surface area contributed by atoms with Crippen LogP contribution >= 0.6 is 0 Å². The third kappa shape index (κ3) is 8.13. The number of imidazole rings is 2. The molecule has 15 nitrogen and oxygen atoms in total. The van der Waals surface area contributed by atoms with Crippen molar-refractivity contribution in [3.8, 4) is 22.6 Å². The summed E-state index contributed by atoms with van der Waals surface area (Å²) in [6.07, 6.45) is 3.32. The molecule has 4 amide bonds. The van der Waals surface area contributed by atoms with E-state index in [-0.39, 0.29) is 35.7 Å². The van der Waals surface area contributed by atoms with E-state index in [1.807, 2.05) is 56.9 Å². The van der Waals surface area contributed by atoms with Gasteiger partial charge in [-0.2, -0.15) is 0 Å². The molecule has 4 atom stereocenters. The number of carbonyl (C=O) groups excluding carboxylic acids is 4. The van der Waals surface area contributed by atoms with E-state index in [0.29, 0.717) is 30.0 Å². The van der Waals surface area contributed by atoms with Crippen molar-refractivity contribution in [2.45, 2.75) is 83.8 Å². The van der Waals surface area contributed by atoms with Gasteiger partial charge < -0.3 is 44.7 Å². The Bertz CT molecular complexity index is 2650. The Kier molecular flexibility index (Phi) is 11.3. The van der Waals surface area contributed by atoms with Crippen molar-refractivity contribution in [1.82, 2.24) is 40.4 Å². The number of aromatic nitrogens is 4.